The van der Waals surface area contributed by atoms with Crippen LogP contribution in [0.5, 0.6) is 5.75 Å². The standard InChI is InChI=1S/C15H21NO2/c1-2-12(8-16)15(9-17-10-15)13-3-4-14-11(7-13)5-6-18-14/h3-4,7,12H,2,5-6,8-10,16H2,1H3. The molecule has 1 fully saturated rings. The number of benzene rings is 1. The summed E-state index contributed by atoms with van der Waals surface area (Å²) in [6, 6.07) is 6.62. The van der Waals surface area contributed by atoms with E-state index < -0.39 is 0 Å². The molecule has 0 radical (unpaired) electrons. The van der Waals surface area contributed by atoms with E-state index in [9.17, 15) is 0 Å². The Morgan fingerprint density at radius 2 is 2.22 bits per heavy atom. The number of nitrogens with two attached hydrogens (primary N) is 1. The smallest absolute Gasteiger partial charge is 0.122 e. The average molecular weight is 247 g/mol. The number of ether oxygens (including phenoxy) is 2. The molecular weight excluding hydrogens is 226 g/mol. The molecule has 2 aliphatic heterocycles. The maximum atomic E-state index is 5.95. The van der Waals surface area contributed by atoms with Crippen LogP contribution in [0.25, 0.3) is 0 Å². The summed E-state index contributed by atoms with van der Waals surface area (Å²) in [6.07, 6.45) is 2.13. The Morgan fingerprint density at radius 1 is 1.39 bits per heavy atom. The zero-order valence-electron chi connectivity index (χ0n) is 10.9. The lowest BCUT2D eigenvalue weighted by atomic mass is 9.67. The third kappa shape index (κ3) is 1.65. The van der Waals surface area contributed by atoms with Gasteiger partial charge in [0, 0.05) is 11.8 Å². The highest BCUT2D eigenvalue weighted by atomic mass is 16.5. The Hall–Kier alpha value is -1.06. The van der Waals surface area contributed by atoms with E-state index >= 15 is 0 Å². The lowest BCUT2D eigenvalue weighted by Gasteiger charge is -2.47. The predicted octanol–water partition coefficient (Wildman–Crippen LogP) is 1.87. The number of hydrogen-bond acceptors (Lipinski definition) is 3. The Morgan fingerprint density at radius 3 is 2.83 bits per heavy atom. The predicted molar refractivity (Wildman–Crippen MR) is 71.0 cm³/mol. The average Bonchev–Trinajstić information content (AvgIpc) is 2.80. The van der Waals surface area contributed by atoms with Crippen LogP contribution in [-0.2, 0) is 16.6 Å². The lowest BCUT2D eigenvalue weighted by molar-refractivity contribution is -0.0898. The van der Waals surface area contributed by atoms with E-state index in [1.165, 1.54) is 11.1 Å². The van der Waals surface area contributed by atoms with Crippen LogP contribution in [0.3, 0.4) is 0 Å². The van der Waals surface area contributed by atoms with Crippen LogP contribution in [0, 0.1) is 5.92 Å². The van der Waals surface area contributed by atoms with Crippen molar-refractivity contribution < 1.29 is 9.47 Å². The van der Waals surface area contributed by atoms with Gasteiger partial charge < -0.3 is 15.2 Å². The highest BCUT2D eigenvalue weighted by molar-refractivity contribution is 5.43. The van der Waals surface area contributed by atoms with Gasteiger partial charge in [-0.05, 0) is 29.7 Å². The molecule has 0 bridgehead atoms. The van der Waals surface area contributed by atoms with Crippen LogP contribution in [0.15, 0.2) is 18.2 Å². The van der Waals surface area contributed by atoms with Crippen LogP contribution in [0.1, 0.15) is 24.5 Å². The second-order valence-corrected chi connectivity index (χ2v) is 5.41. The van der Waals surface area contributed by atoms with E-state index in [0.29, 0.717) is 5.92 Å². The van der Waals surface area contributed by atoms with Crippen molar-refractivity contribution in [1.29, 1.82) is 0 Å². The van der Waals surface area contributed by atoms with Gasteiger partial charge in [-0.15, -0.1) is 0 Å². The van der Waals surface area contributed by atoms with Gasteiger partial charge in [0.2, 0.25) is 0 Å². The van der Waals surface area contributed by atoms with Gasteiger partial charge in [0.1, 0.15) is 5.75 Å². The van der Waals surface area contributed by atoms with Gasteiger partial charge in [-0.1, -0.05) is 25.5 Å². The van der Waals surface area contributed by atoms with Gasteiger partial charge in [-0.25, -0.2) is 0 Å². The Balaban J connectivity index is 1.96. The minimum Gasteiger partial charge on any atom is -0.493 e. The van der Waals surface area contributed by atoms with Crippen LogP contribution >= 0.6 is 0 Å². The second-order valence-electron chi connectivity index (χ2n) is 5.41. The van der Waals surface area contributed by atoms with Crippen molar-refractivity contribution in [2.75, 3.05) is 26.4 Å². The minimum atomic E-state index is 0.140. The van der Waals surface area contributed by atoms with Crippen LogP contribution in [0.4, 0.5) is 0 Å². The van der Waals surface area contributed by atoms with Gasteiger partial charge in [0.25, 0.3) is 0 Å². The molecule has 2 heterocycles. The van der Waals surface area contributed by atoms with Gasteiger partial charge >= 0.3 is 0 Å². The molecule has 3 heteroatoms. The molecule has 0 aromatic heterocycles. The molecule has 98 valence electrons. The Bertz CT molecular complexity index is 436. The fourth-order valence-electron chi connectivity index (χ4n) is 3.24. The normalized spacial score (nSPS) is 21.9. The summed E-state index contributed by atoms with van der Waals surface area (Å²) in [5.74, 6) is 1.56. The quantitative estimate of drug-likeness (QED) is 0.883. The third-order valence-electron chi connectivity index (χ3n) is 4.54. The van der Waals surface area contributed by atoms with Gasteiger partial charge in [0.15, 0.2) is 0 Å². The molecule has 3 rings (SSSR count). The molecule has 0 saturated carbocycles. The third-order valence-corrected chi connectivity index (χ3v) is 4.54. The van der Waals surface area contributed by atoms with E-state index in [1.54, 1.807) is 0 Å². The summed E-state index contributed by atoms with van der Waals surface area (Å²) in [5, 5.41) is 0. The lowest BCUT2D eigenvalue weighted by Crippen LogP contribution is -2.54. The second kappa shape index (κ2) is 4.56. The van der Waals surface area contributed by atoms with E-state index in [2.05, 4.69) is 25.1 Å². The van der Waals surface area contributed by atoms with Crippen molar-refractivity contribution in [3.63, 3.8) is 0 Å². The van der Waals surface area contributed by atoms with Gasteiger partial charge in [0.05, 0.1) is 19.8 Å². The largest absolute Gasteiger partial charge is 0.493 e. The first kappa shape index (κ1) is 12.0. The molecule has 0 spiro atoms. The first-order valence-corrected chi connectivity index (χ1v) is 6.84. The fraction of sp³-hybridized carbons (Fsp3) is 0.600. The Kier molecular flexibility index (Phi) is 3.04. The van der Waals surface area contributed by atoms with E-state index in [4.69, 9.17) is 15.2 Å². The highest BCUT2D eigenvalue weighted by Crippen LogP contribution is 2.42. The minimum absolute atomic E-state index is 0.140. The zero-order valence-corrected chi connectivity index (χ0v) is 10.9. The molecular formula is C15H21NO2. The zero-order chi connectivity index (χ0) is 12.6. The molecule has 1 saturated heterocycles. The van der Waals surface area contributed by atoms with E-state index in [1.807, 2.05) is 0 Å². The van der Waals surface area contributed by atoms with Crippen molar-refractivity contribution in [3.05, 3.63) is 29.3 Å². The molecule has 2 aliphatic rings. The molecule has 2 N–H and O–H groups in total. The van der Waals surface area contributed by atoms with Crippen LogP contribution in [0.2, 0.25) is 0 Å². The van der Waals surface area contributed by atoms with E-state index in [-0.39, 0.29) is 5.41 Å². The van der Waals surface area contributed by atoms with Crippen LogP contribution < -0.4 is 10.5 Å². The maximum absolute atomic E-state index is 5.95. The maximum Gasteiger partial charge on any atom is 0.122 e. The van der Waals surface area contributed by atoms with Crippen molar-refractivity contribution in [3.8, 4) is 5.75 Å². The summed E-state index contributed by atoms with van der Waals surface area (Å²) >= 11 is 0. The van der Waals surface area contributed by atoms with Gasteiger partial charge in [-0.3, -0.25) is 0 Å². The monoisotopic (exact) mass is 247 g/mol. The van der Waals surface area contributed by atoms with Crippen LogP contribution in [-0.4, -0.2) is 26.4 Å². The van der Waals surface area contributed by atoms with Crippen molar-refractivity contribution in [1.82, 2.24) is 0 Å². The molecule has 3 nitrogen and oxygen atoms in total. The summed E-state index contributed by atoms with van der Waals surface area (Å²) in [5.41, 5.74) is 8.81. The fourth-order valence-corrected chi connectivity index (χ4v) is 3.24. The first-order chi connectivity index (χ1) is 8.80. The van der Waals surface area contributed by atoms with Crippen molar-refractivity contribution >= 4 is 0 Å². The number of rotatable bonds is 4. The molecule has 1 unspecified atom stereocenters. The molecule has 1 aromatic rings. The topological polar surface area (TPSA) is 44.5 Å². The molecule has 18 heavy (non-hydrogen) atoms. The molecule has 0 aliphatic carbocycles. The van der Waals surface area contributed by atoms with E-state index in [0.717, 1.165) is 45.0 Å². The first-order valence-electron chi connectivity index (χ1n) is 6.84. The summed E-state index contributed by atoms with van der Waals surface area (Å²) in [7, 11) is 0. The SMILES string of the molecule is CCC(CN)C1(c2ccc3c(c2)CCO3)COC1. The van der Waals surface area contributed by atoms with Crippen molar-refractivity contribution in [2.24, 2.45) is 11.7 Å². The highest BCUT2D eigenvalue weighted by Gasteiger charge is 2.45. The molecule has 1 aromatic carbocycles. The number of hydrogen-bond donors (Lipinski definition) is 1. The summed E-state index contributed by atoms with van der Waals surface area (Å²) in [6.45, 7) is 5.38. The van der Waals surface area contributed by atoms with Crippen molar-refractivity contribution in [2.45, 2.75) is 25.2 Å². The van der Waals surface area contributed by atoms with Gasteiger partial charge in [-0.2, -0.15) is 0 Å². The summed E-state index contributed by atoms with van der Waals surface area (Å²) < 4.78 is 11.1. The number of fused-ring (bicyclic) bond motifs is 1. The molecule has 0 amide bonds. The summed E-state index contributed by atoms with van der Waals surface area (Å²) in [4.78, 5) is 0. The molecule has 1 atom stereocenters. The Labute approximate surface area is 108 Å².